The van der Waals surface area contributed by atoms with Crippen molar-refractivity contribution in [3.05, 3.63) is 0 Å². The normalized spacial score (nSPS) is 17.1. The Bertz CT molecular complexity index is 187. The molecular formula is C9H21N3OS. The zero-order valence-electron chi connectivity index (χ0n) is 9.40. The highest BCUT2D eigenvalue weighted by Gasteiger charge is 2.16. The standard InChI is InChI=1S/C9H21N3OS/c1-7(5-9(10)11-13)12(3)8(2)6-14-4/h7-8,13H,5-6H2,1-4H3,(H2,10,11). The van der Waals surface area contributed by atoms with Crippen LogP contribution in [0.2, 0.25) is 0 Å². The first-order valence-corrected chi connectivity index (χ1v) is 6.09. The summed E-state index contributed by atoms with van der Waals surface area (Å²) in [5, 5.41) is 11.4. The number of hydrogen-bond acceptors (Lipinski definition) is 4. The Balaban J connectivity index is 4.03. The smallest absolute Gasteiger partial charge is 0.140 e. The summed E-state index contributed by atoms with van der Waals surface area (Å²) < 4.78 is 0. The third kappa shape index (κ3) is 4.72. The van der Waals surface area contributed by atoms with E-state index < -0.39 is 0 Å². The summed E-state index contributed by atoms with van der Waals surface area (Å²) in [5.41, 5.74) is 5.45. The third-order valence-electron chi connectivity index (χ3n) is 2.43. The molecule has 0 fully saturated rings. The van der Waals surface area contributed by atoms with Crippen LogP contribution in [0.1, 0.15) is 20.3 Å². The molecule has 0 aromatic heterocycles. The number of rotatable bonds is 6. The van der Waals surface area contributed by atoms with Crippen LogP contribution in [0.15, 0.2) is 5.16 Å². The predicted molar refractivity (Wildman–Crippen MR) is 63.1 cm³/mol. The molecule has 5 heteroatoms. The second-order valence-corrected chi connectivity index (χ2v) is 4.52. The van der Waals surface area contributed by atoms with Gasteiger partial charge in [-0.1, -0.05) is 5.16 Å². The SMILES string of the molecule is CSCC(C)N(C)C(C)CC(N)=NO. The number of nitrogens with zero attached hydrogens (tertiary/aromatic N) is 2. The van der Waals surface area contributed by atoms with Gasteiger partial charge in [-0.25, -0.2) is 0 Å². The largest absolute Gasteiger partial charge is 0.409 e. The Kier molecular flexibility index (Phi) is 6.74. The molecule has 0 aliphatic rings. The summed E-state index contributed by atoms with van der Waals surface area (Å²) in [5.74, 6) is 1.39. The van der Waals surface area contributed by atoms with Crippen LogP contribution in [0.25, 0.3) is 0 Å². The molecule has 0 aromatic carbocycles. The molecule has 2 atom stereocenters. The molecule has 14 heavy (non-hydrogen) atoms. The van der Waals surface area contributed by atoms with E-state index in [9.17, 15) is 0 Å². The van der Waals surface area contributed by atoms with Crippen LogP contribution >= 0.6 is 11.8 Å². The van der Waals surface area contributed by atoms with E-state index in [0.29, 0.717) is 24.3 Å². The lowest BCUT2D eigenvalue weighted by Gasteiger charge is -2.30. The molecule has 4 nitrogen and oxygen atoms in total. The first kappa shape index (κ1) is 13.6. The summed E-state index contributed by atoms with van der Waals surface area (Å²) in [7, 11) is 2.07. The lowest BCUT2D eigenvalue weighted by Crippen LogP contribution is -2.40. The zero-order chi connectivity index (χ0) is 11.1. The molecule has 3 N–H and O–H groups in total. The van der Waals surface area contributed by atoms with Crippen LogP contribution in [0, 0.1) is 0 Å². The van der Waals surface area contributed by atoms with Crippen molar-refractivity contribution in [3.8, 4) is 0 Å². The Morgan fingerprint density at radius 1 is 1.50 bits per heavy atom. The van der Waals surface area contributed by atoms with Gasteiger partial charge < -0.3 is 10.9 Å². The minimum absolute atomic E-state index is 0.292. The fourth-order valence-corrected chi connectivity index (χ4v) is 2.00. The third-order valence-corrected chi connectivity index (χ3v) is 3.25. The molecule has 0 spiro atoms. The van der Waals surface area contributed by atoms with E-state index in [-0.39, 0.29) is 0 Å². The molecule has 84 valence electrons. The van der Waals surface area contributed by atoms with Gasteiger partial charge in [0.05, 0.1) is 0 Å². The van der Waals surface area contributed by atoms with E-state index in [1.54, 1.807) is 0 Å². The molecule has 0 heterocycles. The second kappa shape index (κ2) is 6.95. The molecule has 0 aliphatic heterocycles. The molecular weight excluding hydrogens is 198 g/mol. The van der Waals surface area contributed by atoms with Crippen LogP contribution in [0.5, 0.6) is 0 Å². The number of thioether (sulfide) groups is 1. The highest BCUT2D eigenvalue weighted by molar-refractivity contribution is 7.98. The van der Waals surface area contributed by atoms with Gasteiger partial charge in [0.25, 0.3) is 0 Å². The number of hydrogen-bond donors (Lipinski definition) is 2. The maximum absolute atomic E-state index is 8.45. The molecule has 0 saturated heterocycles. The first-order chi connectivity index (χ1) is 6.52. The minimum Gasteiger partial charge on any atom is -0.409 e. The van der Waals surface area contributed by atoms with Crippen molar-refractivity contribution in [2.75, 3.05) is 19.1 Å². The van der Waals surface area contributed by atoms with Crippen LogP contribution in [0.4, 0.5) is 0 Å². The van der Waals surface area contributed by atoms with Gasteiger partial charge in [0.2, 0.25) is 0 Å². The lowest BCUT2D eigenvalue weighted by atomic mass is 10.1. The van der Waals surface area contributed by atoms with Crippen LogP contribution in [-0.2, 0) is 0 Å². The van der Waals surface area contributed by atoms with Crippen molar-refractivity contribution >= 4 is 17.6 Å². The van der Waals surface area contributed by atoms with E-state index in [2.05, 4.69) is 37.2 Å². The van der Waals surface area contributed by atoms with Gasteiger partial charge >= 0.3 is 0 Å². The van der Waals surface area contributed by atoms with Gasteiger partial charge in [-0.2, -0.15) is 11.8 Å². The van der Waals surface area contributed by atoms with Gasteiger partial charge in [0, 0.05) is 24.3 Å². The molecule has 0 aromatic rings. The summed E-state index contributed by atoms with van der Waals surface area (Å²) in [6, 6.07) is 0.805. The van der Waals surface area contributed by atoms with Crippen LogP contribution in [0.3, 0.4) is 0 Å². The number of oxime groups is 1. The van der Waals surface area contributed by atoms with E-state index in [1.807, 2.05) is 11.8 Å². The number of nitrogens with two attached hydrogens (primary N) is 1. The molecule has 0 bridgehead atoms. The average Bonchev–Trinajstić information content (AvgIpc) is 2.16. The molecule has 0 rings (SSSR count). The molecule has 0 saturated carbocycles. The predicted octanol–water partition coefficient (Wildman–Crippen LogP) is 1.19. The van der Waals surface area contributed by atoms with Gasteiger partial charge in [0.1, 0.15) is 5.84 Å². The fourth-order valence-electron chi connectivity index (χ4n) is 1.28. The van der Waals surface area contributed by atoms with Crippen LogP contribution < -0.4 is 5.73 Å². The summed E-state index contributed by atoms with van der Waals surface area (Å²) in [4.78, 5) is 2.24. The Labute approximate surface area is 90.5 Å². The van der Waals surface area contributed by atoms with Crippen molar-refractivity contribution < 1.29 is 5.21 Å². The summed E-state index contributed by atoms with van der Waals surface area (Å²) in [6.45, 7) is 4.26. The Morgan fingerprint density at radius 2 is 2.07 bits per heavy atom. The first-order valence-electron chi connectivity index (χ1n) is 4.70. The van der Waals surface area contributed by atoms with Gasteiger partial charge in [0.15, 0.2) is 0 Å². The van der Waals surface area contributed by atoms with Crippen LogP contribution in [-0.4, -0.2) is 47.1 Å². The van der Waals surface area contributed by atoms with Crippen molar-refractivity contribution in [2.45, 2.75) is 32.4 Å². The zero-order valence-corrected chi connectivity index (χ0v) is 10.2. The molecule has 0 aliphatic carbocycles. The summed E-state index contributed by atoms with van der Waals surface area (Å²) in [6.07, 6.45) is 2.70. The highest BCUT2D eigenvalue weighted by atomic mass is 32.2. The second-order valence-electron chi connectivity index (χ2n) is 3.61. The Hall–Kier alpha value is -0.420. The summed E-state index contributed by atoms with van der Waals surface area (Å²) >= 11 is 1.83. The monoisotopic (exact) mass is 219 g/mol. The average molecular weight is 219 g/mol. The van der Waals surface area contributed by atoms with E-state index in [4.69, 9.17) is 10.9 Å². The van der Waals surface area contributed by atoms with Crippen molar-refractivity contribution in [1.82, 2.24) is 4.90 Å². The minimum atomic E-state index is 0.292. The maximum atomic E-state index is 8.45. The van der Waals surface area contributed by atoms with Gasteiger partial charge in [-0.3, -0.25) is 4.90 Å². The van der Waals surface area contributed by atoms with E-state index in [1.165, 1.54) is 0 Å². The molecule has 0 amide bonds. The fraction of sp³-hybridized carbons (Fsp3) is 0.889. The van der Waals surface area contributed by atoms with Crippen molar-refractivity contribution in [1.29, 1.82) is 0 Å². The number of amidine groups is 1. The lowest BCUT2D eigenvalue weighted by molar-refractivity contribution is 0.214. The van der Waals surface area contributed by atoms with E-state index in [0.717, 1.165) is 5.75 Å². The quantitative estimate of drug-likeness (QED) is 0.305. The Morgan fingerprint density at radius 3 is 2.50 bits per heavy atom. The van der Waals surface area contributed by atoms with Crippen molar-refractivity contribution in [3.63, 3.8) is 0 Å². The molecule has 2 unspecified atom stereocenters. The maximum Gasteiger partial charge on any atom is 0.140 e. The van der Waals surface area contributed by atoms with E-state index >= 15 is 0 Å². The van der Waals surface area contributed by atoms with Crippen molar-refractivity contribution in [2.24, 2.45) is 10.9 Å². The topological polar surface area (TPSA) is 61.8 Å². The highest BCUT2D eigenvalue weighted by Crippen LogP contribution is 2.09. The molecule has 0 radical (unpaired) electrons. The van der Waals surface area contributed by atoms with Gasteiger partial charge in [-0.05, 0) is 27.2 Å². The van der Waals surface area contributed by atoms with Gasteiger partial charge in [-0.15, -0.1) is 0 Å².